The number of likely N-dealkylation sites (N-methyl/N-ethyl adjacent to an activating group) is 1. The van der Waals surface area contributed by atoms with Crippen LogP contribution in [0.3, 0.4) is 0 Å². The van der Waals surface area contributed by atoms with Crippen LogP contribution in [-0.4, -0.2) is 107 Å². The molecule has 52 heavy (non-hydrogen) atoms. The number of rotatable bonds is 25. The van der Waals surface area contributed by atoms with Crippen LogP contribution in [0.4, 0.5) is 0 Å². The molecule has 0 spiro atoms. The fraction of sp³-hybridized carbons (Fsp3) is 0.611. The Morgan fingerprint density at radius 2 is 1.29 bits per heavy atom. The smallest absolute Gasteiger partial charge is 0.326 e. The van der Waals surface area contributed by atoms with Gasteiger partial charge in [-0.25, -0.2) is 4.79 Å². The highest BCUT2D eigenvalue weighted by Gasteiger charge is 2.35. The molecule has 16 heteroatoms. The molecule has 0 saturated heterocycles. The van der Waals surface area contributed by atoms with Crippen LogP contribution in [0.2, 0.25) is 0 Å². The van der Waals surface area contributed by atoms with Crippen molar-refractivity contribution in [2.24, 2.45) is 23.1 Å². The molecule has 1 rings (SSSR count). The summed E-state index contributed by atoms with van der Waals surface area (Å²) >= 11 is 0. The number of nitrogens with one attached hydrogen (secondary N) is 4. The van der Waals surface area contributed by atoms with Gasteiger partial charge in [-0.15, -0.1) is 6.58 Å². The Hall–Kier alpha value is -4.54. The summed E-state index contributed by atoms with van der Waals surface area (Å²) < 4.78 is 0. The fourth-order valence-electron chi connectivity index (χ4n) is 5.42. The van der Waals surface area contributed by atoms with Crippen molar-refractivity contribution in [2.75, 3.05) is 20.1 Å². The number of nitrogens with zero attached hydrogens (tertiary/aromatic N) is 1. The van der Waals surface area contributed by atoms with Gasteiger partial charge in [-0.2, -0.15) is 0 Å². The number of nitrogens with two attached hydrogens (primary N) is 3. The second kappa shape index (κ2) is 23.8. The quantitative estimate of drug-likeness (QED) is 0.0477. The largest absolute Gasteiger partial charge is 0.508 e. The zero-order valence-electron chi connectivity index (χ0n) is 30.9. The number of phenolic OH excluding ortho intramolecular Hbond substituents is 1. The lowest BCUT2D eigenvalue weighted by molar-refractivity contribution is -0.143. The van der Waals surface area contributed by atoms with Gasteiger partial charge in [0.25, 0.3) is 0 Å². The van der Waals surface area contributed by atoms with E-state index in [0.717, 1.165) is 0 Å². The Kier molecular flexibility index (Phi) is 20.9. The molecule has 0 saturated carbocycles. The molecule has 12 N–H and O–H groups in total. The molecule has 0 bridgehead atoms. The normalized spacial score (nSPS) is 14.5. The van der Waals surface area contributed by atoms with E-state index in [1.54, 1.807) is 12.1 Å². The van der Waals surface area contributed by atoms with Gasteiger partial charge in [0.15, 0.2) is 0 Å². The number of carboxylic acid groups (broad SMARTS) is 1. The molecule has 0 fully saturated rings. The molecule has 0 radical (unpaired) electrons. The topological polar surface area (TPSA) is 272 Å². The summed E-state index contributed by atoms with van der Waals surface area (Å²) in [6, 6.07) is -0.663. The molecular formula is C36H60N8O8. The summed E-state index contributed by atoms with van der Waals surface area (Å²) in [5.41, 5.74) is 17.6. The number of unbranched alkanes of at least 4 members (excludes halogenated alkanes) is 2. The van der Waals surface area contributed by atoms with Crippen molar-refractivity contribution in [1.82, 2.24) is 26.2 Å². The Balaban J connectivity index is 3.37. The maximum Gasteiger partial charge on any atom is 0.326 e. The van der Waals surface area contributed by atoms with Gasteiger partial charge in [0.05, 0.1) is 6.04 Å². The van der Waals surface area contributed by atoms with Crippen molar-refractivity contribution in [3.8, 4) is 5.75 Å². The minimum Gasteiger partial charge on any atom is -0.508 e. The van der Waals surface area contributed by atoms with Gasteiger partial charge in [-0.1, -0.05) is 32.1 Å². The molecule has 0 aliphatic heterocycles. The van der Waals surface area contributed by atoms with E-state index in [1.807, 2.05) is 13.8 Å². The first-order valence-corrected chi connectivity index (χ1v) is 17.8. The molecular weight excluding hydrogens is 672 g/mol. The minimum absolute atomic E-state index is 0.00640. The average molecular weight is 733 g/mol. The Morgan fingerprint density at radius 1 is 0.769 bits per heavy atom. The van der Waals surface area contributed by atoms with Gasteiger partial charge in [0, 0.05) is 13.5 Å². The number of carboxylic acids is 1. The highest BCUT2D eigenvalue weighted by molar-refractivity contribution is 5.96. The number of aromatic hydroxyl groups is 1. The van der Waals surface area contributed by atoms with Gasteiger partial charge in [-0.05, 0) is 95.0 Å². The average Bonchev–Trinajstić information content (AvgIpc) is 3.08. The Bertz CT molecular complexity index is 1320. The molecule has 292 valence electrons. The van der Waals surface area contributed by atoms with Crippen LogP contribution in [0.25, 0.3) is 0 Å². The molecule has 5 amide bonds. The summed E-state index contributed by atoms with van der Waals surface area (Å²) in [6.45, 7) is 9.56. The Morgan fingerprint density at radius 3 is 1.81 bits per heavy atom. The monoisotopic (exact) mass is 732 g/mol. The first kappa shape index (κ1) is 45.5. The molecule has 0 aliphatic carbocycles. The lowest BCUT2D eigenvalue weighted by atomic mass is 10.0. The molecule has 6 atom stereocenters. The fourth-order valence-corrected chi connectivity index (χ4v) is 5.42. The number of hydrogen-bond donors (Lipinski definition) is 9. The number of carbonyl (C=O) groups is 6. The summed E-state index contributed by atoms with van der Waals surface area (Å²) in [5.74, 6) is -4.50. The lowest BCUT2D eigenvalue weighted by Crippen LogP contribution is -2.59. The van der Waals surface area contributed by atoms with Crippen LogP contribution in [-0.2, 0) is 35.2 Å². The van der Waals surface area contributed by atoms with E-state index >= 15 is 0 Å². The standard InChI is InChI=1S/C36H60N8O8/c1-6-11-26(32(47)42-28(21-24-14-16-25(45)17-15-24)33(48)43-29(36(51)52)20-22(2)3)40-34(49)30(13-8-10-19-38)44(5)35(50)27(12-7-9-18-37)41-31(46)23(4)39/h6,14-17,22-23,26-30,45H,1,7-13,18-21,37-39H2,2-5H3,(H,40,49)(H,41,46)(H,42,47)(H,43,48)(H,51,52)/t23-,26-,27-,28-,29-,30-/m0/s1. The van der Waals surface area contributed by atoms with Crippen molar-refractivity contribution in [3.05, 3.63) is 42.5 Å². The van der Waals surface area contributed by atoms with Crippen LogP contribution in [0.5, 0.6) is 5.75 Å². The minimum atomic E-state index is -1.26. The van der Waals surface area contributed by atoms with E-state index in [2.05, 4.69) is 27.8 Å². The summed E-state index contributed by atoms with van der Waals surface area (Å²) in [7, 11) is 1.44. The highest BCUT2D eigenvalue weighted by atomic mass is 16.4. The van der Waals surface area contributed by atoms with Crippen LogP contribution in [0.1, 0.15) is 77.7 Å². The van der Waals surface area contributed by atoms with Crippen LogP contribution >= 0.6 is 0 Å². The molecule has 1 aromatic rings. The Labute approximate surface area is 306 Å². The molecule has 0 aromatic heterocycles. The van der Waals surface area contributed by atoms with Crippen molar-refractivity contribution < 1.29 is 39.0 Å². The van der Waals surface area contributed by atoms with Gasteiger partial charge >= 0.3 is 5.97 Å². The van der Waals surface area contributed by atoms with Crippen LogP contribution in [0, 0.1) is 5.92 Å². The zero-order chi connectivity index (χ0) is 39.4. The van der Waals surface area contributed by atoms with E-state index in [4.69, 9.17) is 17.2 Å². The number of hydrogen-bond acceptors (Lipinski definition) is 10. The van der Waals surface area contributed by atoms with Crippen LogP contribution in [0.15, 0.2) is 36.9 Å². The highest BCUT2D eigenvalue weighted by Crippen LogP contribution is 2.15. The van der Waals surface area contributed by atoms with Gasteiger partial charge in [0.2, 0.25) is 29.5 Å². The van der Waals surface area contributed by atoms with Crippen molar-refractivity contribution in [3.63, 3.8) is 0 Å². The number of carbonyl (C=O) groups excluding carboxylic acids is 5. The molecule has 0 aliphatic rings. The van der Waals surface area contributed by atoms with Gasteiger partial charge < -0.3 is 53.6 Å². The molecule has 1 aromatic carbocycles. The van der Waals surface area contributed by atoms with Gasteiger partial charge in [0.1, 0.15) is 36.0 Å². The predicted octanol–water partition coefficient (Wildman–Crippen LogP) is 0.0129. The first-order chi connectivity index (χ1) is 24.6. The second-order valence-electron chi connectivity index (χ2n) is 13.4. The molecule has 0 unspecified atom stereocenters. The third kappa shape index (κ3) is 16.2. The van der Waals surface area contributed by atoms with E-state index in [1.165, 1.54) is 37.1 Å². The molecule has 0 heterocycles. The number of amides is 5. The zero-order valence-corrected chi connectivity index (χ0v) is 30.9. The first-order valence-electron chi connectivity index (χ1n) is 17.8. The van der Waals surface area contributed by atoms with E-state index < -0.39 is 71.8 Å². The number of benzene rings is 1. The van der Waals surface area contributed by atoms with E-state index in [-0.39, 0.29) is 43.8 Å². The maximum absolute atomic E-state index is 13.9. The van der Waals surface area contributed by atoms with E-state index in [0.29, 0.717) is 44.3 Å². The SMILES string of the molecule is C=CC[C@H](NC(=O)[C@H](CCCCN)N(C)C(=O)[C@H](CCCCN)NC(=O)[C@H](C)N)C(=O)N[C@@H](Cc1ccc(O)cc1)C(=O)N[C@@H](CC(C)C)C(=O)O. The molecule has 16 nitrogen and oxygen atoms in total. The van der Waals surface area contributed by atoms with Crippen molar-refractivity contribution >= 4 is 35.5 Å². The van der Waals surface area contributed by atoms with Gasteiger partial charge in [-0.3, -0.25) is 24.0 Å². The summed E-state index contributed by atoms with van der Waals surface area (Å²) in [4.78, 5) is 80.6. The number of aliphatic carboxylic acids is 1. The number of phenols is 1. The predicted molar refractivity (Wildman–Crippen MR) is 197 cm³/mol. The summed E-state index contributed by atoms with van der Waals surface area (Å²) in [5, 5.41) is 30.0. The third-order valence-electron chi connectivity index (χ3n) is 8.39. The third-order valence-corrected chi connectivity index (χ3v) is 8.39. The second-order valence-corrected chi connectivity index (χ2v) is 13.4. The van der Waals surface area contributed by atoms with Crippen molar-refractivity contribution in [1.29, 1.82) is 0 Å². The van der Waals surface area contributed by atoms with Crippen LogP contribution < -0.4 is 38.5 Å². The maximum atomic E-state index is 13.9. The van der Waals surface area contributed by atoms with Crippen molar-refractivity contribution in [2.45, 2.75) is 115 Å². The summed E-state index contributed by atoms with van der Waals surface area (Å²) in [6.07, 6.45) is 4.11. The lowest BCUT2D eigenvalue weighted by Gasteiger charge is -2.32. The van der Waals surface area contributed by atoms with E-state index in [9.17, 15) is 39.0 Å².